The summed E-state index contributed by atoms with van der Waals surface area (Å²) in [6.07, 6.45) is 3.75. The lowest BCUT2D eigenvalue weighted by atomic mass is 10.1. The van der Waals surface area contributed by atoms with Crippen molar-refractivity contribution in [3.8, 4) is 5.75 Å². The van der Waals surface area contributed by atoms with Crippen LogP contribution in [-0.2, 0) is 17.6 Å². The molecule has 4 rings (SSSR count). The molecule has 0 bridgehead atoms. The van der Waals surface area contributed by atoms with Crippen LogP contribution >= 0.6 is 11.8 Å². The van der Waals surface area contributed by atoms with Crippen LogP contribution in [0.4, 0.5) is 11.4 Å². The summed E-state index contributed by atoms with van der Waals surface area (Å²) in [5, 5.41) is 10.2. The van der Waals surface area contributed by atoms with Crippen LogP contribution in [0.2, 0.25) is 0 Å². The van der Waals surface area contributed by atoms with Gasteiger partial charge in [0.2, 0.25) is 0 Å². The van der Waals surface area contributed by atoms with Gasteiger partial charge in [0, 0.05) is 0 Å². The van der Waals surface area contributed by atoms with E-state index in [4.69, 9.17) is 4.99 Å². The molecule has 1 aliphatic heterocycles. The summed E-state index contributed by atoms with van der Waals surface area (Å²) in [4.78, 5) is 20.4. The van der Waals surface area contributed by atoms with Crippen LogP contribution in [0.1, 0.15) is 30.5 Å². The minimum Gasteiger partial charge on any atom is -0.508 e. The van der Waals surface area contributed by atoms with Crippen molar-refractivity contribution in [3.63, 3.8) is 0 Å². The molecule has 3 aromatic rings. The molecule has 4 nitrogen and oxygen atoms in total. The first-order valence-corrected chi connectivity index (χ1v) is 11.2. The van der Waals surface area contributed by atoms with Crippen LogP contribution in [0.15, 0.2) is 82.7 Å². The molecule has 1 N–H and O–H groups in total. The van der Waals surface area contributed by atoms with Crippen molar-refractivity contribution < 1.29 is 9.90 Å². The molecule has 0 aromatic heterocycles. The number of hydrogen-bond donors (Lipinski definition) is 1. The van der Waals surface area contributed by atoms with E-state index in [2.05, 4.69) is 26.0 Å². The van der Waals surface area contributed by atoms with E-state index < -0.39 is 0 Å². The first-order chi connectivity index (χ1) is 15.1. The van der Waals surface area contributed by atoms with Crippen molar-refractivity contribution in [3.05, 3.63) is 94.4 Å². The monoisotopic (exact) mass is 428 g/mol. The molecule has 0 aliphatic carbocycles. The second kappa shape index (κ2) is 9.23. The first kappa shape index (κ1) is 20.9. The predicted molar refractivity (Wildman–Crippen MR) is 130 cm³/mol. The van der Waals surface area contributed by atoms with E-state index in [0.29, 0.717) is 10.1 Å². The average molecular weight is 429 g/mol. The van der Waals surface area contributed by atoms with Gasteiger partial charge in [-0.2, -0.15) is 0 Å². The largest absolute Gasteiger partial charge is 0.508 e. The summed E-state index contributed by atoms with van der Waals surface area (Å²) in [5.41, 5.74) is 4.93. The highest BCUT2D eigenvalue weighted by atomic mass is 32.2. The van der Waals surface area contributed by atoms with Gasteiger partial charge in [0.1, 0.15) is 5.75 Å². The van der Waals surface area contributed by atoms with Crippen molar-refractivity contribution in [1.82, 2.24) is 0 Å². The maximum absolute atomic E-state index is 13.3. The summed E-state index contributed by atoms with van der Waals surface area (Å²) >= 11 is 1.36. The van der Waals surface area contributed by atoms with Crippen LogP contribution in [-0.4, -0.2) is 16.2 Å². The molecule has 156 valence electrons. The van der Waals surface area contributed by atoms with Crippen LogP contribution in [0.5, 0.6) is 5.75 Å². The Kier molecular flexibility index (Phi) is 6.23. The van der Waals surface area contributed by atoms with Gasteiger partial charge in [0.25, 0.3) is 5.91 Å². The Hall–Kier alpha value is -3.31. The number of anilines is 1. The number of thioether (sulfide) groups is 1. The van der Waals surface area contributed by atoms with E-state index >= 15 is 0 Å². The molecule has 5 heteroatoms. The van der Waals surface area contributed by atoms with Gasteiger partial charge in [-0.1, -0.05) is 50.2 Å². The lowest BCUT2D eigenvalue weighted by Crippen LogP contribution is -2.28. The fourth-order valence-corrected chi connectivity index (χ4v) is 4.30. The van der Waals surface area contributed by atoms with Crippen LogP contribution < -0.4 is 4.90 Å². The van der Waals surface area contributed by atoms with Crippen LogP contribution in [0.3, 0.4) is 0 Å². The Morgan fingerprint density at radius 1 is 0.871 bits per heavy atom. The molecule has 0 radical (unpaired) electrons. The molecule has 0 saturated carbocycles. The number of nitrogens with zero attached hydrogens (tertiary/aromatic N) is 2. The number of phenolic OH excluding ortho intramolecular Hbond substituents is 1. The number of carbonyl (C=O) groups excluding carboxylic acids is 1. The summed E-state index contributed by atoms with van der Waals surface area (Å²) in [6, 6.07) is 22.9. The minimum atomic E-state index is -0.105. The van der Waals surface area contributed by atoms with Crippen molar-refractivity contribution in [2.45, 2.75) is 26.7 Å². The third kappa shape index (κ3) is 4.72. The maximum atomic E-state index is 13.3. The predicted octanol–water partition coefficient (Wildman–Crippen LogP) is 6.33. The zero-order valence-corrected chi connectivity index (χ0v) is 18.4. The molecule has 1 heterocycles. The normalized spacial score (nSPS) is 16.5. The van der Waals surface area contributed by atoms with E-state index in [9.17, 15) is 9.90 Å². The van der Waals surface area contributed by atoms with Gasteiger partial charge in [0.05, 0.1) is 16.3 Å². The van der Waals surface area contributed by atoms with Gasteiger partial charge in [-0.05, 0) is 83.8 Å². The Balaban J connectivity index is 1.74. The lowest BCUT2D eigenvalue weighted by Gasteiger charge is -2.16. The Bertz CT molecular complexity index is 1130. The third-order valence-electron chi connectivity index (χ3n) is 5.17. The number of aromatic hydroxyl groups is 1. The molecule has 0 spiro atoms. The minimum absolute atomic E-state index is 0.105. The van der Waals surface area contributed by atoms with Crippen LogP contribution in [0, 0.1) is 0 Å². The van der Waals surface area contributed by atoms with Crippen molar-refractivity contribution in [2.24, 2.45) is 4.99 Å². The number of amidine groups is 1. The summed E-state index contributed by atoms with van der Waals surface area (Å²) in [5.74, 6) is 0.0919. The smallest absolute Gasteiger partial charge is 0.271 e. The van der Waals surface area contributed by atoms with E-state index in [1.807, 2.05) is 42.5 Å². The topological polar surface area (TPSA) is 52.9 Å². The summed E-state index contributed by atoms with van der Waals surface area (Å²) in [7, 11) is 0. The fourth-order valence-electron chi connectivity index (χ4n) is 3.30. The highest BCUT2D eigenvalue weighted by molar-refractivity contribution is 8.19. The van der Waals surface area contributed by atoms with Crippen molar-refractivity contribution >= 4 is 40.3 Å². The van der Waals surface area contributed by atoms with Crippen molar-refractivity contribution in [2.75, 3.05) is 4.90 Å². The van der Waals surface area contributed by atoms with Crippen LogP contribution in [0.25, 0.3) is 6.08 Å². The van der Waals surface area contributed by atoms with E-state index in [0.717, 1.165) is 29.8 Å². The number of phenols is 1. The Morgan fingerprint density at radius 2 is 1.45 bits per heavy atom. The quantitative estimate of drug-likeness (QED) is 0.484. The zero-order chi connectivity index (χ0) is 21.8. The third-order valence-corrected chi connectivity index (χ3v) is 6.14. The number of hydrogen-bond acceptors (Lipinski definition) is 4. The highest BCUT2D eigenvalue weighted by Gasteiger charge is 2.34. The molecular formula is C26H24N2O2S. The van der Waals surface area contributed by atoms with Gasteiger partial charge in [-0.15, -0.1) is 0 Å². The van der Waals surface area contributed by atoms with Gasteiger partial charge >= 0.3 is 0 Å². The summed E-state index contributed by atoms with van der Waals surface area (Å²) < 4.78 is 0. The molecule has 31 heavy (non-hydrogen) atoms. The number of aliphatic imine (C=N–C) groups is 1. The average Bonchev–Trinajstić information content (AvgIpc) is 3.10. The zero-order valence-electron chi connectivity index (χ0n) is 17.6. The van der Waals surface area contributed by atoms with Gasteiger partial charge in [-0.25, -0.2) is 4.99 Å². The molecule has 1 amide bonds. The standard InChI is InChI=1S/C26H24N2O2S/c1-3-18-5-11-21(12-6-18)27-26-28(22-13-7-19(4-2)8-14-22)25(30)24(31-26)17-20-9-15-23(29)16-10-20/h5-17,29H,3-4H2,1-2H3/b24-17-,27-26?. The van der Waals surface area contributed by atoms with Gasteiger partial charge < -0.3 is 5.11 Å². The van der Waals surface area contributed by atoms with Crippen molar-refractivity contribution in [1.29, 1.82) is 0 Å². The number of rotatable bonds is 5. The SMILES string of the molecule is CCc1ccc(N=C2S/C(=C\c3ccc(O)cc3)C(=O)N2c2ccc(CC)cc2)cc1. The number of carbonyl (C=O) groups is 1. The molecule has 1 saturated heterocycles. The molecule has 3 aromatic carbocycles. The lowest BCUT2D eigenvalue weighted by molar-refractivity contribution is -0.113. The number of amides is 1. The first-order valence-electron chi connectivity index (χ1n) is 10.4. The molecule has 0 atom stereocenters. The molecule has 1 fully saturated rings. The van der Waals surface area contributed by atoms with E-state index in [1.54, 1.807) is 29.2 Å². The second-order valence-electron chi connectivity index (χ2n) is 7.28. The maximum Gasteiger partial charge on any atom is 0.271 e. The molecule has 1 aliphatic rings. The number of aryl methyl sites for hydroxylation is 2. The Labute approximate surface area is 187 Å². The molecular weight excluding hydrogens is 404 g/mol. The second-order valence-corrected chi connectivity index (χ2v) is 8.29. The number of benzene rings is 3. The van der Waals surface area contributed by atoms with E-state index in [1.165, 1.54) is 22.9 Å². The summed E-state index contributed by atoms with van der Waals surface area (Å²) in [6.45, 7) is 4.23. The highest BCUT2D eigenvalue weighted by Crippen LogP contribution is 2.37. The fraction of sp³-hybridized carbons (Fsp3) is 0.154. The van der Waals surface area contributed by atoms with Gasteiger partial charge in [0.15, 0.2) is 5.17 Å². The van der Waals surface area contributed by atoms with E-state index in [-0.39, 0.29) is 11.7 Å². The Morgan fingerprint density at radius 3 is 2.03 bits per heavy atom. The van der Waals surface area contributed by atoms with Gasteiger partial charge in [-0.3, -0.25) is 9.69 Å². The molecule has 0 unspecified atom stereocenters.